The average Bonchev–Trinajstić information content (AvgIpc) is 3.45. The molecule has 2 N–H and O–H groups in total. The van der Waals surface area contributed by atoms with Gasteiger partial charge in [0, 0.05) is 16.9 Å². The number of methoxy groups -OCH3 is 2. The van der Waals surface area contributed by atoms with E-state index in [1.165, 1.54) is 26.0 Å². The Bertz CT molecular complexity index is 1590. The Morgan fingerprint density at radius 3 is 2.20 bits per heavy atom. The molecule has 0 unspecified atom stereocenters. The quantitative estimate of drug-likeness (QED) is 0.153. The van der Waals surface area contributed by atoms with Crippen LogP contribution in [0.5, 0.6) is 17.2 Å². The molecule has 1 aromatic heterocycles. The summed E-state index contributed by atoms with van der Waals surface area (Å²) in [5.41, 5.74) is 2.05. The second-order valence-corrected chi connectivity index (χ2v) is 9.99. The van der Waals surface area contributed by atoms with E-state index >= 15 is 0 Å². The number of aromatic nitrogens is 3. The molecule has 0 aliphatic carbocycles. The third kappa shape index (κ3) is 8.07. The summed E-state index contributed by atoms with van der Waals surface area (Å²) in [7, 11) is 3.02. The zero-order valence-corrected chi connectivity index (χ0v) is 25.6. The monoisotopic (exact) mass is 619 g/mol. The standard InChI is InChI=1S/C31H33N5O7S/c1-5-42-24-14-12-23(13-15-24)36-27(18-32-29(38)21-9-16-25(40-3)26(17-21)41-4)34-35-31(36)44-19-28(37)33-22-10-7-20(8-11-22)30(39)43-6-2/h7-17H,5-6,18-19H2,1-4H3,(H,32,38)(H,33,37). The van der Waals surface area contributed by atoms with Gasteiger partial charge >= 0.3 is 5.97 Å². The summed E-state index contributed by atoms with van der Waals surface area (Å²) in [6, 6.07) is 18.7. The summed E-state index contributed by atoms with van der Waals surface area (Å²) in [6.45, 7) is 4.51. The van der Waals surface area contributed by atoms with Gasteiger partial charge in [-0.15, -0.1) is 10.2 Å². The molecule has 0 radical (unpaired) electrons. The predicted octanol–water partition coefficient (Wildman–Crippen LogP) is 4.52. The van der Waals surface area contributed by atoms with E-state index in [1.807, 2.05) is 31.2 Å². The fourth-order valence-corrected chi connectivity index (χ4v) is 4.87. The van der Waals surface area contributed by atoms with Gasteiger partial charge in [-0.1, -0.05) is 11.8 Å². The number of nitrogens with zero attached hydrogens (tertiary/aromatic N) is 3. The van der Waals surface area contributed by atoms with Crippen molar-refractivity contribution in [1.82, 2.24) is 20.1 Å². The van der Waals surface area contributed by atoms with Gasteiger partial charge in [-0.25, -0.2) is 4.79 Å². The van der Waals surface area contributed by atoms with Gasteiger partial charge in [0.25, 0.3) is 5.91 Å². The molecular weight excluding hydrogens is 586 g/mol. The SMILES string of the molecule is CCOC(=O)c1ccc(NC(=O)CSc2nnc(CNC(=O)c3ccc(OC)c(OC)c3)n2-c2ccc(OCC)cc2)cc1. The highest BCUT2D eigenvalue weighted by Crippen LogP contribution is 2.28. The van der Waals surface area contributed by atoms with Gasteiger partial charge in [0.1, 0.15) is 5.75 Å². The Labute approximate surface area is 259 Å². The van der Waals surface area contributed by atoms with Crippen molar-refractivity contribution in [3.63, 3.8) is 0 Å². The number of anilines is 1. The van der Waals surface area contributed by atoms with E-state index in [-0.39, 0.29) is 30.7 Å². The Morgan fingerprint density at radius 1 is 0.841 bits per heavy atom. The van der Waals surface area contributed by atoms with E-state index < -0.39 is 5.97 Å². The number of carbonyl (C=O) groups excluding carboxylic acids is 3. The van der Waals surface area contributed by atoms with Gasteiger partial charge in [0.2, 0.25) is 5.91 Å². The maximum Gasteiger partial charge on any atom is 0.338 e. The Balaban J connectivity index is 1.48. The van der Waals surface area contributed by atoms with Crippen LogP contribution in [-0.4, -0.2) is 65.7 Å². The Kier molecular flexibility index (Phi) is 11.2. The minimum absolute atomic E-state index is 0.0345. The van der Waals surface area contributed by atoms with Gasteiger partial charge in [-0.3, -0.25) is 14.2 Å². The molecule has 0 aliphatic heterocycles. The maximum absolute atomic E-state index is 13.0. The number of carbonyl (C=O) groups is 3. The molecule has 0 bridgehead atoms. The molecule has 2 amide bonds. The lowest BCUT2D eigenvalue weighted by Gasteiger charge is -2.13. The van der Waals surface area contributed by atoms with Crippen molar-refractivity contribution >= 4 is 35.2 Å². The van der Waals surface area contributed by atoms with E-state index in [9.17, 15) is 14.4 Å². The molecule has 0 atom stereocenters. The number of thioether (sulfide) groups is 1. The predicted molar refractivity (Wildman–Crippen MR) is 165 cm³/mol. The summed E-state index contributed by atoms with van der Waals surface area (Å²) in [5, 5.41) is 14.8. The van der Waals surface area contributed by atoms with Crippen molar-refractivity contribution < 1.29 is 33.3 Å². The van der Waals surface area contributed by atoms with Crippen LogP contribution in [0.3, 0.4) is 0 Å². The van der Waals surface area contributed by atoms with Crippen molar-refractivity contribution in [3.8, 4) is 22.9 Å². The number of hydrogen-bond acceptors (Lipinski definition) is 10. The lowest BCUT2D eigenvalue weighted by Crippen LogP contribution is -2.24. The minimum Gasteiger partial charge on any atom is -0.494 e. The first-order valence-electron chi connectivity index (χ1n) is 13.7. The summed E-state index contributed by atoms with van der Waals surface area (Å²) in [4.78, 5) is 37.6. The first-order chi connectivity index (χ1) is 21.4. The summed E-state index contributed by atoms with van der Waals surface area (Å²) in [6.07, 6.45) is 0. The number of hydrogen-bond donors (Lipinski definition) is 2. The number of rotatable bonds is 14. The van der Waals surface area contributed by atoms with Crippen LogP contribution in [-0.2, 0) is 16.1 Å². The fraction of sp³-hybridized carbons (Fsp3) is 0.258. The highest BCUT2D eigenvalue weighted by Gasteiger charge is 2.18. The molecule has 0 fully saturated rings. The van der Waals surface area contributed by atoms with Crippen molar-refractivity contribution in [2.24, 2.45) is 0 Å². The topological polar surface area (TPSA) is 143 Å². The molecule has 13 heteroatoms. The second-order valence-electron chi connectivity index (χ2n) is 9.05. The van der Waals surface area contributed by atoms with Crippen LogP contribution in [0.15, 0.2) is 71.9 Å². The number of ether oxygens (including phenoxy) is 4. The molecule has 12 nitrogen and oxygen atoms in total. The number of nitrogens with one attached hydrogen (secondary N) is 2. The van der Waals surface area contributed by atoms with Crippen LogP contribution in [0.4, 0.5) is 5.69 Å². The smallest absolute Gasteiger partial charge is 0.338 e. The molecule has 230 valence electrons. The van der Waals surface area contributed by atoms with Crippen LogP contribution in [0, 0.1) is 0 Å². The zero-order valence-electron chi connectivity index (χ0n) is 24.8. The van der Waals surface area contributed by atoms with Gasteiger partial charge in [-0.05, 0) is 80.6 Å². The maximum atomic E-state index is 13.0. The molecule has 0 spiro atoms. The molecule has 3 aromatic carbocycles. The molecule has 44 heavy (non-hydrogen) atoms. The summed E-state index contributed by atoms with van der Waals surface area (Å²) >= 11 is 1.19. The number of esters is 1. The fourth-order valence-electron chi connectivity index (χ4n) is 4.10. The zero-order chi connectivity index (χ0) is 31.5. The van der Waals surface area contributed by atoms with Crippen LogP contribution in [0.2, 0.25) is 0 Å². The highest BCUT2D eigenvalue weighted by atomic mass is 32.2. The minimum atomic E-state index is -0.426. The van der Waals surface area contributed by atoms with Gasteiger partial charge in [0.05, 0.1) is 45.3 Å². The molecule has 0 saturated carbocycles. The summed E-state index contributed by atoms with van der Waals surface area (Å²) in [5.74, 6) is 1.11. The van der Waals surface area contributed by atoms with Crippen LogP contribution in [0.1, 0.15) is 40.4 Å². The first-order valence-corrected chi connectivity index (χ1v) is 14.7. The van der Waals surface area contributed by atoms with Crippen LogP contribution in [0.25, 0.3) is 5.69 Å². The molecular formula is C31H33N5O7S. The molecule has 4 rings (SSSR count). The van der Waals surface area contributed by atoms with E-state index in [0.717, 1.165) is 5.69 Å². The third-order valence-corrected chi connectivity index (χ3v) is 7.10. The largest absolute Gasteiger partial charge is 0.494 e. The number of amides is 2. The lowest BCUT2D eigenvalue weighted by atomic mass is 10.2. The van der Waals surface area contributed by atoms with Crippen molar-refractivity contribution in [2.45, 2.75) is 25.5 Å². The second kappa shape index (κ2) is 15.4. The molecule has 0 saturated heterocycles. The Hall–Kier alpha value is -5.04. The van der Waals surface area contributed by atoms with E-state index in [1.54, 1.807) is 54.0 Å². The van der Waals surface area contributed by atoms with Crippen molar-refractivity contribution in [2.75, 3.05) is 38.5 Å². The Morgan fingerprint density at radius 2 is 1.55 bits per heavy atom. The number of benzene rings is 3. The normalized spacial score (nSPS) is 10.5. The van der Waals surface area contributed by atoms with Crippen molar-refractivity contribution in [3.05, 3.63) is 83.7 Å². The van der Waals surface area contributed by atoms with E-state index in [0.29, 0.717) is 51.7 Å². The van der Waals surface area contributed by atoms with E-state index in [4.69, 9.17) is 18.9 Å². The van der Waals surface area contributed by atoms with Crippen LogP contribution < -0.4 is 24.8 Å². The lowest BCUT2D eigenvalue weighted by molar-refractivity contribution is -0.113. The van der Waals surface area contributed by atoms with Crippen LogP contribution >= 0.6 is 11.8 Å². The van der Waals surface area contributed by atoms with Gasteiger partial charge in [-0.2, -0.15) is 0 Å². The summed E-state index contributed by atoms with van der Waals surface area (Å²) < 4.78 is 22.9. The third-order valence-electron chi connectivity index (χ3n) is 6.17. The average molecular weight is 620 g/mol. The molecule has 1 heterocycles. The van der Waals surface area contributed by atoms with Gasteiger partial charge in [0.15, 0.2) is 22.5 Å². The molecule has 4 aromatic rings. The first kappa shape index (κ1) is 31.9. The highest BCUT2D eigenvalue weighted by molar-refractivity contribution is 7.99. The van der Waals surface area contributed by atoms with Crippen molar-refractivity contribution in [1.29, 1.82) is 0 Å². The molecule has 0 aliphatic rings. The van der Waals surface area contributed by atoms with Gasteiger partial charge < -0.3 is 29.6 Å². The van der Waals surface area contributed by atoms with E-state index in [2.05, 4.69) is 20.8 Å².